The third-order valence-electron chi connectivity index (χ3n) is 4.75. The van der Waals surface area contributed by atoms with Crippen molar-refractivity contribution < 1.29 is 23.1 Å². The number of carbonyl (C=O) groups excluding carboxylic acids is 2. The Morgan fingerprint density at radius 3 is 2.73 bits per heavy atom. The third-order valence-corrected chi connectivity index (χ3v) is 4.75. The number of morpholine rings is 1. The van der Waals surface area contributed by atoms with Crippen LogP contribution in [0.1, 0.15) is 12.8 Å². The van der Waals surface area contributed by atoms with Crippen molar-refractivity contribution in [2.24, 2.45) is 5.92 Å². The van der Waals surface area contributed by atoms with Crippen LogP contribution >= 0.6 is 0 Å². The number of benzene rings is 1. The first-order valence-electron chi connectivity index (χ1n) is 8.87. The molecule has 1 aromatic carbocycles. The van der Waals surface area contributed by atoms with Crippen LogP contribution in [0.2, 0.25) is 0 Å². The number of piperidine rings is 1. The van der Waals surface area contributed by atoms with Gasteiger partial charge in [0.2, 0.25) is 11.8 Å². The van der Waals surface area contributed by atoms with Crippen molar-refractivity contribution in [3.63, 3.8) is 0 Å². The second-order valence-corrected chi connectivity index (χ2v) is 6.68. The van der Waals surface area contributed by atoms with E-state index in [0.29, 0.717) is 39.4 Å². The van der Waals surface area contributed by atoms with Crippen molar-refractivity contribution in [1.82, 2.24) is 9.80 Å². The summed E-state index contributed by atoms with van der Waals surface area (Å²) in [4.78, 5) is 28.5. The van der Waals surface area contributed by atoms with Crippen LogP contribution in [0, 0.1) is 17.6 Å². The summed E-state index contributed by atoms with van der Waals surface area (Å²) in [6, 6.07) is 2.93. The maximum absolute atomic E-state index is 13.6. The van der Waals surface area contributed by atoms with Crippen molar-refractivity contribution in [2.75, 3.05) is 51.3 Å². The maximum atomic E-state index is 13.6. The number of likely N-dealkylation sites (tertiary alicyclic amines) is 1. The number of ether oxygens (including phenoxy) is 1. The van der Waals surface area contributed by atoms with E-state index in [1.165, 1.54) is 0 Å². The molecular weight excluding hydrogens is 344 g/mol. The highest BCUT2D eigenvalue weighted by Crippen LogP contribution is 2.20. The highest BCUT2D eigenvalue weighted by atomic mass is 19.1. The van der Waals surface area contributed by atoms with E-state index in [4.69, 9.17) is 4.74 Å². The van der Waals surface area contributed by atoms with Crippen LogP contribution in [0.3, 0.4) is 0 Å². The molecule has 1 atom stereocenters. The van der Waals surface area contributed by atoms with Crippen molar-refractivity contribution in [3.8, 4) is 0 Å². The van der Waals surface area contributed by atoms with Crippen molar-refractivity contribution in [3.05, 3.63) is 29.8 Å². The molecule has 1 aromatic rings. The number of hydrogen-bond acceptors (Lipinski definition) is 4. The first kappa shape index (κ1) is 18.7. The first-order valence-corrected chi connectivity index (χ1v) is 8.87. The molecule has 3 rings (SSSR count). The fraction of sp³-hybridized carbons (Fsp3) is 0.556. The summed E-state index contributed by atoms with van der Waals surface area (Å²) in [6.07, 6.45) is 1.62. The van der Waals surface area contributed by atoms with E-state index in [-0.39, 0.29) is 24.1 Å². The molecule has 142 valence electrons. The summed E-state index contributed by atoms with van der Waals surface area (Å²) < 4.78 is 32.1. The number of carbonyl (C=O) groups is 2. The number of rotatable bonds is 4. The average Bonchev–Trinajstić information content (AvgIpc) is 2.65. The molecule has 2 heterocycles. The van der Waals surface area contributed by atoms with Crippen LogP contribution in [-0.4, -0.2) is 67.6 Å². The highest BCUT2D eigenvalue weighted by molar-refractivity contribution is 5.92. The number of halogens is 2. The quantitative estimate of drug-likeness (QED) is 0.876. The molecule has 0 aromatic heterocycles. The Bertz CT molecular complexity index is 665. The summed E-state index contributed by atoms with van der Waals surface area (Å²) in [5.41, 5.74) is -0.173. The molecule has 0 saturated carbocycles. The zero-order valence-electron chi connectivity index (χ0n) is 14.5. The Hall–Kier alpha value is -2.06. The minimum Gasteiger partial charge on any atom is -0.378 e. The van der Waals surface area contributed by atoms with Gasteiger partial charge in [-0.3, -0.25) is 14.5 Å². The van der Waals surface area contributed by atoms with Crippen molar-refractivity contribution in [1.29, 1.82) is 0 Å². The van der Waals surface area contributed by atoms with Gasteiger partial charge in [-0.2, -0.15) is 0 Å². The summed E-state index contributed by atoms with van der Waals surface area (Å²) in [7, 11) is 0. The van der Waals surface area contributed by atoms with E-state index < -0.39 is 17.5 Å². The van der Waals surface area contributed by atoms with Gasteiger partial charge in [0.1, 0.15) is 11.6 Å². The van der Waals surface area contributed by atoms with Gasteiger partial charge in [0.05, 0.1) is 31.4 Å². The average molecular weight is 367 g/mol. The van der Waals surface area contributed by atoms with E-state index >= 15 is 0 Å². The van der Waals surface area contributed by atoms with Gasteiger partial charge < -0.3 is 15.0 Å². The predicted molar refractivity (Wildman–Crippen MR) is 91.6 cm³/mol. The third kappa shape index (κ3) is 4.76. The zero-order valence-corrected chi connectivity index (χ0v) is 14.5. The monoisotopic (exact) mass is 367 g/mol. The molecule has 2 amide bonds. The minimum atomic E-state index is -0.682. The Morgan fingerprint density at radius 1 is 1.19 bits per heavy atom. The largest absolute Gasteiger partial charge is 0.378 e. The zero-order chi connectivity index (χ0) is 18.5. The van der Waals surface area contributed by atoms with E-state index in [9.17, 15) is 18.4 Å². The maximum Gasteiger partial charge on any atom is 0.238 e. The molecule has 1 N–H and O–H groups in total. The lowest BCUT2D eigenvalue weighted by molar-refractivity contribution is -0.141. The predicted octanol–water partition coefficient (Wildman–Crippen LogP) is 1.47. The van der Waals surface area contributed by atoms with E-state index in [1.807, 2.05) is 9.80 Å². The number of nitrogens with one attached hydrogen (secondary N) is 1. The van der Waals surface area contributed by atoms with Crippen LogP contribution < -0.4 is 5.32 Å². The number of nitrogens with zero attached hydrogens (tertiary/aromatic N) is 2. The Morgan fingerprint density at radius 2 is 1.96 bits per heavy atom. The fourth-order valence-electron chi connectivity index (χ4n) is 3.43. The van der Waals surface area contributed by atoms with Crippen LogP contribution in [0.4, 0.5) is 14.5 Å². The van der Waals surface area contributed by atoms with Crippen molar-refractivity contribution in [2.45, 2.75) is 12.8 Å². The van der Waals surface area contributed by atoms with E-state index in [0.717, 1.165) is 31.0 Å². The molecule has 0 bridgehead atoms. The van der Waals surface area contributed by atoms with Crippen LogP contribution in [0.15, 0.2) is 18.2 Å². The highest BCUT2D eigenvalue weighted by Gasteiger charge is 2.30. The Labute approximate surface area is 151 Å². The van der Waals surface area contributed by atoms with E-state index in [2.05, 4.69) is 5.32 Å². The molecule has 0 aliphatic carbocycles. The molecule has 2 aliphatic rings. The smallest absolute Gasteiger partial charge is 0.238 e. The molecule has 0 spiro atoms. The second-order valence-electron chi connectivity index (χ2n) is 6.68. The molecule has 2 saturated heterocycles. The van der Waals surface area contributed by atoms with Gasteiger partial charge in [0.25, 0.3) is 0 Å². The van der Waals surface area contributed by atoms with Crippen molar-refractivity contribution >= 4 is 17.5 Å². The number of anilines is 1. The molecule has 0 radical (unpaired) electrons. The second kappa shape index (κ2) is 8.55. The Kier molecular flexibility index (Phi) is 6.16. The molecule has 1 unspecified atom stereocenters. The van der Waals surface area contributed by atoms with Crippen LogP contribution in [0.5, 0.6) is 0 Å². The van der Waals surface area contributed by atoms with Crippen LogP contribution in [0.25, 0.3) is 0 Å². The molecule has 26 heavy (non-hydrogen) atoms. The lowest BCUT2D eigenvalue weighted by atomic mass is 9.96. The molecule has 2 fully saturated rings. The molecule has 8 heteroatoms. The summed E-state index contributed by atoms with van der Waals surface area (Å²) in [5.74, 6) is -1.75. The standard InChI is InChI=1S/C18H23F2N3O3/c19-14-3-4-15(20)16(10-14)21-17(24)12-22-5-1-2-13(11-22)18(25)23-6-8-26-9-7-23/h3-4,10,13H,1-2,5-9,11-12H2,(H,21,24). The van der Waals surface area contributed by atoms with Gasteiger partial charge in [0.15, 0.2) is 0 Å². The van der Waals surface area contributed by atoms with E-state index in [1.54, 1.807) is 0 Å². The lowest BCUT2D eigenvalue weighted by Gasteiger charge is -2.35. The number of amides is 2. The topological polar surface area (TPSA) is 61.9 Å². The van der Waals surface area contributed by atoms with Gasteiger partial charge in [-0.15, -0.1) is 0 Å². The summed E-state index contributed by atoms with van der Waals surface area (Å²) >= 11 is 0. The summed E-state index contributed by atoms with van der Waals surface area (Å²) in [5, 5.41) is 2.40. The number of hydrogen-bond donors (Lipinski definition) is 1. The van der Waals surface area contributed by atoms with Gasteiger partial charge in [-0.25, -0.2) is 8.78 Å². The fourth-order valence-corrected chi connectivity index (χ4v) is 3.43. The lowest BCUT2D eigenvalue weighted by Crippen LogP contribution is -2.49. The van der Waals surface area contributed by atoms with Gasteiger partial charge in [0, 0.05) is 25.7 Å². The van der Waals surface area contributed by atoms with Gasteiger partial charge in [-0.05, 0) is 31.5 Å². The van der Waals surface area contributed by atoms with Gasteiger partial charge >= 0.3 is 0 Å². The Balaban J connectivity index is 1.53. The van der Waals surface area contributed by atoms with Crippen LogP contribution in [-0.2, 0) is 14.3 Å². The first-order chi connectivity index (χ1) is 12.5. The summed E-state index contributed by atoms with van der Waals surface area (Å²) in [6.45, 7) is 3.57. The minimum absolute atomic E-state index is 0.0445. The SMILES string of the molecule is O=C(CN1CCCC(C(=O)N2CCOCC2)C1)Nc1cc(F)ccc1F. The van der Waals surface area contributed by atoms with Gasteiger partial charge in [-0.1, -0.05) is 0 Å². The molecular formula is C18H23F2N3O3. The normalized spacial score (nSPS) is 21.5. The molecule has 6 nitrogen and oxygen atoms in total. The molecule has 2 aliphatic heterocycles.